The minimum Gasteiger partial charge on any atom is -0.492 e. The van der Waals surface area contributed by atoms with Gasteiger partial charge in [0.15, 0.2) is 0 Å². The molecule has 5 nitrogen and oxygen atoms in total. The molecule has 0 amide bonds. The summed E-state index contributed by atoms with van der Waals surface area (Å²) in [6, 6.07) is 7.94. The van der Waals surface area contributed by atoms with Gasteiger partial charge in [-0.2, -0.15) is 0 Å². The first-order valence-corrected chi connectivity index (χ1v) is 7.88. The van der Waals surface area contributed by atoms with Gasteiger partial charge in [0.1, 0.15) is 5.75 Å². The Kier molecular flexibility index (Phi) is 3.19. The van der Waals surface area contributed by atoms with Crippen LogP contribution in [0.15, 0.2) is 18.2 Å². The minimum absolute atomic E-state index is 0.596. The molecular formula is C16H23N3O2. The Bertz CT molecular complexity index is 532. The predicted octanol–water partition coefficient (Wildman–Crippen LogP) is 1.33. The van der Waals surface area contributed by atoms with Crippen LogP contribution < -0.4 is 15.4 Å². The molecule has 2 N–H and O–H groups in total. The van der Waals surface area contributed by atoms with Gasteiger partial charge in [0.2, 0.25) is 0 Å². The monoisotopic (exact) mass is 289 g/mol. The SMILES string of the molecule is CCOc1cc(N)ccc1N1CC2CC1CN2C1COC1. The Hall–Kier alpha value is -1.46. The summed E-state index contributed by atoms with van der Waals surface area (Å²) in [6.45, 7) is 6.75. The molecule has 21 heavy (non-hydrogen) atoms. The van der Waals surface area contributed by atoms with E-state index in [0.717, 1.165) is 37.7 Å². The fourth-order valence-electron chi connectivity index (χ4n) is 3.89. The largest absolute Gasteiger partial charge is 0.492 e. The van der Waals surface area contributed by atoms with Gasteiger partial charge in [-0.15, -0.1) is 0 Å². The zero-order chi connectivity index (χ0) is 14.4. The van der Waals surface area contributed by atoms with Crippen LogP contribution in [0.5, 0.6) is 5.75 Å². The van der Waals surface area contributed by atoms with Crippen LogP contribution in [-0.2, 0) is 4.74 Å². The molecule has 3 aliphatic rings. The highest BCUT2D eigenvalue weighted by Crippen LogP contribution is 2.41. The number of nitrogens with zero attached hydrogens (tertiary/aromatic N) is 2. The summed E-state index contributed by atoms with van der Waals surface area (Å²) >= 11 is 0. The predicted molar refractivity (Wildman–Crippen MR) is 82.9 cm³/mol. The standard InChI is InChI=1S/C16H23N3O2/c1-2-21-16-5-11(17)3-4-15(16)19-8-12-6-13(19)7-18(12)14-9-20-10-14/h3-5,12-14H,2,6-10,17H2,1H3. The molecule has 114 valence electrons. The van der Waals surface area contributed by atoms with Crippen LogP contribution in [0.2, 0.25) is 0 Å². The Balaban J connectivity index is 1.54. The van der Waals surface area contributed by atoms with Gasteiger partial charge < -0.3 is 20.1 Å². The second-order valence-corrected chi connectivity index (χ2v) is 6.24. The van der Waals surface area contributed by atoms with E-state index in [2.05, 4.69) is 15.9 Å². The third-order valence-corrected chi connectivity index (χ3v) is 4.97. The number of benzene rings is 1. The van der Waals surface area contributed by atoms with Crippen LogP contribution in [0.1, 0.15) is 13.3 Å². The minimum atomic E-state index is 0.596. The lowest BCUT2D eigenvalue weighted by Gasteiger charge is -2.43. The molecule has 3 saturated heterocycles. The van der Waals surface area contributed by atoms with Crippen molar-refractivity contribution >= 4 is 11.4 Å². The molecule has 0 saturated carbocycles. The van der Waals surface area contributed by atoms with E-state index >= 15 is 0 Å². The van der Waals surface area contributed by atoms with E-state index in [9.17, 15) is 0 Å². The van der Waals surface area contributed by atoms with Crippen molar-refractivity contribution < 1.29 is 9.47 Å². The van der Waals surface area contributed by atoms with E-state index in [1.807, 2.05) is 19.1 Å². The lowest BCUT2D eigenvalue weighted by atomic mass is 10.1. The molecule has 1 aromatic carbocycles. The number of anilines is 2. The number of hydrogen-bond donors (Lipinski definition) is 1. The number of piperazine rings is 1. The average Bonchev–Trinajstić information content (AvgIpc) is 2.97. The molecule has 0 radical (unpaired) electrons. The molecule has 3 aliphatic heterocycles. The third-order valence-electron chi connectivity index (χ3n) is 4.97. The normalized spacial score (nSPS) is 28.9. The van der Waals surface area contributed by atoms with Crippen LogP contribution in [0.25, 0.3) is 0 Å². The topological polar surface area (TPSA) is 51.0 Å². The van der Waals surface area contributed by atoms with E-state index in [4.69, 9.17) is 15.2 Å². The van der Waals surface area contributed by atoms with Gasteiger partial charge >= 0.3 is 0 Å². The summed E-state index contributed by atoms with van der Waals surface area (Å²) in [5.74, 6) is 0.920. The summed E-state index contributed by atoms with van der Waals surface area (Å²) < 4.78 is 11.1. The second-order valence-electron chi connectivity index (χ2n) is 6.24. The number of likely N-dealkylation sites (tertiary alicyclic amines) is 1. The van der Waals surface area contributed by atoms with Gasteiger partial charge in [-0.1, -0.05) is 0 Å². The van der Waals surface area contributed by atoms with Crippen LogP contribution >= 0.6 is 0 Å². The Morgan fingerprint density at radius 1 is 1.24 bits per heavy atom. The van der Waals surface area contributed by atoms with E-state index in [0.29, 0.717) is 24.7 Å². The highest BCUT2D eigenvalue weighted by atomic mass is 16.5. The zero-order valence-corrected chi connectivity index (χ0v) is 12.5. The highest BCUT2D eigenvalue weighted by molar-refractivity contribution is 5.65. The van der Waals surface area contributed by atoms with Crippen molar-refractivity contribution in [2.45, 2.75) is 31.5 Å². The van der Waals surface area contributed by atoms with Crippen LogP contribution in [0.4, 0.5) is 11.4 Å². The molecule has 5 heteroatoms. The van der Waals surface area contributed by atoms with Gasteiger partial charge in [0.25, 0.3) is 0 Å². The average molecular weight is 289 g/mol. The molecule has 2 atom stereocenters. The Labute approximate surface area is 125 Å². The molecule has 1 aromatic rings. The molecular weight excluding hydrogens is 266 g/mol. The number of hydrogen-bond acceptors (Lipinski definition) is 5. The Morgan fingerprint density at radius 3 is 2.71 bits per heavy atom. The maximum absolute atomic E-state index is 5.90. The van der Waals surface area contributed by atoms with Crippen molar-refractivity contribution in [3.8, 4) is 5.75 Å². The summed E-state index contributed by atoms with van der Waals surface area (Å²) in [4.78, 5) is 5.15. The molecule has 3 heterocycles. The van der Waals surface area contributed by atoms with Crippen molar-refractivity contribution in [2.24, 2.45) is 0 Å². The van der Waals surface area contributed by atoms with E-state index in [1.54, 1.807) is 0 Å². The van der Waals surface area contributed by atoms with Crippen LogP contribution in [-0.4, -0.2) is 55.9 Å². The number of nitrogens with two attached hydrogens (primary N) is 1. The van der Waals surface area contributed by atoms with Gasteiger partial charge in [-0.25, -0.2) is 0 Å². The van der Waals surface area contributed by atoms with Crippen molar-refractivity contribution in [1.29, 1.82) is 0 Å². The molecule has 3 fully saturated rings. The van der Waals surface area contributed by atoms with Crippen molar-refractivity contribution in [3.05, 3.63) is 18.2 Å². The molecule has 0 spiro atoms. The summed E-state index contributed by atoms with van der Waals surface area (Å²) in [5.41, 5.74) is 7.86. The molecule has 0 aromatic heterocycles. The van der Waals surface area contributed by atoms with Gasteiger partial charge in [0.05, 0.1) is 31.5 Å². The fourth-order valence-corrected chi connectivity index (χ4v) is 3.89. The molecule has 2 unspecified atom stereocenters. The van der Waals surface area contributed by atoms with Gasteiger partial charge in [-0.05, 0) is 25.5 Å². The summed E-state index contributed by atoms with van der Waals surface area (Å²) in [5, 5.41) is 0. The van der Waals surface area contributed by atoms with Gasteiger partial charge in [-0.3, -0.25) is 4.90 Å². The van der Waals surface area contributed by atoms with E-state index < -0.39 is 0 Å². The number of ether oxygens (including phenoxy) is 2. The first kappa shape index (κ1) is 13.2. The van der Waals surface area contributed by atoms with Gasteiger partial charge in [0, 0.05) is 36.9 Å². The summed E-state index contributed by atoms with van der Waals surface area (Å²) in [6.07, 6.45) is 1.26. The lowest BCUT2D eigenvalue weighted by Crippen LogP contribution is -2.56. The molecule has 2 bridgehead atoms. The smallest absolute Gasteiger partial charge is 0.144 e. The maximum Gasteiger partial charge on any atom is 0.144 e. The lowest BCUT2D eigenvalue weighted by molar-refractivity contribution is -0.0708. The number of fused-ring (bicyclic) bond motifs is 2. The first-order chi connectivity index (χ1) is 10.3. The molecule has 4 rings (SSSR count). The first-order valence-electron chi connectivity index (χ1n) is 7.88. The second kappa shape index (κ2) is 5.07. The quantitative estimate of drug-likeness (QED) is 0.848. The fraction of sp³-hybridized carbons (Fsp3) is 0.625. The van der Waals surface area contributed by atoms with Crippen molar-refractivity contribution in [3.63, 3.8) is 0 Å². The third kappa shape index (κ3) is 2.15. The highest BCUT2D eigenvalue weighted by Gasteiger charge is 2.47. The van der Waals surface area contributed by atoms with Crippen molar-refractivity contribution in [1.82, 2.24) is 4.90 Å². The number of rotatable bonds is 4. The Morgan fingerprint density at radius 2 is 2.10 bits per heavy atom. The van der Waals surface area contributed by atoms with E-state index in [1.165, 1.54) is 12.1 Å². The van der Waals surface area contributed by atoms with Crippen LogP contribution in [0.3, 0.4) is 0 Å². The van der Waals surface area contributed by atoms with Crippen LogP contribution in [0, 0.1) is 0 Å². The summed E-state index contributed by atoms with van der Waals surface area (Å²) in [7, 11) is 0. The maximum atomic E-state index is 5.90. The zero-order valence-electron chi connectivity index (χ0n) is 12.5. The number of nitrogen functional groups attached to an aromatic ring is 1. The van der Waals surface area contributed by atoms with Crippen molar-refractivity contribution in [2.75, 3.05) is 43.5 Å². The molecule has 0 aliphatic carbocycles. The van der Waals surface area contributed by atoms with E-state index in [-0.39, 0.29) is 0 Å².